The molecule has 5 rings (SSSR count). The number of rotatable bonds is 5. The molecule has 8 heteroatoms. The van der Waals surface area contributed by atoms with Crippen molar-refractivity contribution in [2.24, 2.45) is 0 Å². The van der Waals surface area contributed by atoms with Crippen LogP contribution in [-0.2, 0) is 17.8 Å². The van der Waals surface area contributed by atoms with Gasteiger partial charge in [-0.15, -0.1) is 0 Å². The first-order chi connectivity index (χ1) is 15.0. The van der Waals surface area contributed by atoms with Crippen molar-refractivity contribution >= 4 is 32.6 Å². The summed E-state index contributed by atoms with van der Waals surface area (Å²) in [6.07, 6.45) is 3.08. The first-order valence-electron chi connectivity index (χ1n) is 10.9. The van der Waals surface area contributed by atoms with Gasteiger partial charge in [0, 0.05) is 25.6 Å². The Morgan fingerprint density at radius 1 is 1.23 bits per heavy atom. The molecule has 3 aromatic rings. The van der Waals surface area contributed by atoms with E-state index < -0.39 is 0 Å². The Morgan fingerprint density at radius 3 is 2.84 bits per heavy atom. The van der Waals surface area contributed by atoms with Gasteiger partial charge in [0.25, 0.3) is 5.56 Å². The van der Waals surface area contributed by atoms with Gasteiger partial charge in [-0.25, -0.2) is 9.97 Å². The summed E-state index contributed by atoms with van der Waals surface area (Å²) in [4.78, 5) is 40.6. The zero-order valence-electron chi connectivity index (χ0n) is 18.0. The van der Waals surface area contributed by atoms with Crippen LogP contribution in [0.2, 0.25) is 0 Å². The van der Waals surface area contributed by atoms with E-state index in [0.717, 1.165) is 43.3 Å². The van der Waals surface area contributed by atoms with Crippen LogP contribution in [0.5, 0.6) is 0 Å². The van der Waals surface area contributed by atoms with Gasteiger partial charge in [0.05, 0.1) is 12.6 Å². The second-order valence-electron chi connectivity index (χ2n) is 8.70. The molecule has 2 aliphatic heterocycles. The Bertz CT molecular complexity index is 1170. The number of anilines is 1. The molecule has 0 N–H and O–H groups in total. The molecule has 0 unspecified atom stereocenters. The molecule has 1 saturated heterocycles. The molecule has 0 spiro atoms. The van der Waals surface area contributed by atoms with Gasteiger partial charge in [0.15, 0.2) is 21.3 Å². The second-order valence-corrected chi connectivity index (χ2v) is 9.66. The summed E-state index contributed by atoms with van der Waals surface area (Å²) in [6, 6.07) is 10.0. The number of carbonyl (C=O) groups is 1. The van der Waals surface area contributed by atoms with Crippen LogP contribution in [0.3, 0.4) is 0 Å². The van der Waals surface area contributed by atoms with Gasteiger partial charge in [-0.2, -0.15) is 0 Å². The Hall–Kier alpha value is -2.58. The van der Waals surface area contributed by atoms with E-state index in [4.69, 9.17) is 4.98 Å². The molecule has 162 valence electrons. The van der Waals surface area contributed by atoms with Crippen molar-refractivity contribution in [3.63, 3.8) is 0 Å². The molecule has 31 heavy (non-hydrogen) atoms. The Labute approximate surface area is 185 Å². The van der Waals surface area contributed by atoms with E-state index in [2.05, 4.69) is 26.9 Å². The van der Waals surface area contributed by atoms with Crippen molar-refractivity contribution in [3.05, 3.63) is 52.1 Å². The van der Waals surface area contributed by atoms with Crippen molar-refractivity contribution in [1.82, 2.24) is 19.4 Å². The Balaban J connectivity index is 1.41. The minimum absolute atomic E-state index is 0.0609. The predicted octanol–water partition coefficient (Wildman–Crippen LogP) is 3.03. The zero-order chi connectivity index (χ0) is 21.5. The van der Waals surface area contributed by atoms with Crippen LogP contribution in [0.4, 0.5) is 5.13 Å². The number of nitrogens with zero attached hydrogens (tertiary/aromatic N) is 5. The van der Waals surface area contributed by atoms with Gasteiger partial charge >= 0.3 is 0 Å². The third-order valence-electron chi connectivity index (χ3n) is 6.33. The predicted molar refractivity (Wildman–Crippen MR) is 123 cm³/mol. The van der Waals surface area contributed by atoms with Crippen molar-refractivity contribution in [2.45, 2.75) is 51.2 Å². The number of hydrogen-bond donors (Lipinski definition) is 0. The normalized spacial score (nSPS) is 21.5. The minimum atomic E-state index is -0.160. The summed E-state index contributed by atoms with van der Waals surface area (Å²) in [5, 5.41) is 0.749. The monoisotopic (exact) mass is 437 g/mol. The largest absolute Gasteiger partial charge is 0.338 e. The van der Waals surface area contributed by atoms with Crippen LogP contribution >= 0.6 is 11.3 Å². The van der Waals surface area contributed by atoms with E-state index in [1.165, 1.54) is 16.9 Å². The van der Waals surface area contributed by atoms with Gasteiger partial charge in [-0.05, 0) is 38.8 Å². The summed E-state index contributed by atoms with van der Waals surface area (Å²) in [7, 11) is 2.05. The minimum Gasteiger partial charge on any atom is -0.338 e. The number of Topliss-reactive ketones (excluding diaryl/α,β-unsaturated/α-hetero) is 1. The first-order valence-corrected chi connectivity index (χ1v) is 11.8. The fourth-order valence-electron chi connectivity index (χ4n) is 4.86. The number of hydrogen-bond acceptors (Lipinski definition) is 7. The Kier molecular flexibility index (Phi) is 5.35. The maximum Gasteiger partial charge on any atom is 0.281 e. The quantitative estimate of drug-likeness (QED) is 0.611. The summed E-state index contributed by atoms with van der Waals surface area (Å²) in [6.45, 7) is 4.32. The fraction of sp³-hybridized carbons (Fsp3) is 0.478. The van der Waals surface area contributed by atoms with Gasteiger partial charge in [-0.3, -0.25) is 19.1 Å². The summed E-state index contributed by atoms with van der Waals surface area (Å²) in [5.41, 5.74) is 1.55. The highest BCUT2D eigenvalue weighted by Crippen LogP contribution is 2.33. The molecule has 0 amide bonds. The van der Waals surface area contributed by atoms with Gasteiger partial charge < -0.3 is 4.90 Å². The molecule has 0 aliphatic carbocycles. The van der Waals surface area contributed by atoms with Gasteiger partial charge in [0.2, 0.25) is 0 Å². The molecular formula is C23H27N5O2S. The van der Waals surface area contributed by atoms with E-state index in [0.29, 0.717) is 23.3 Å². The fourth-order valence-corrected chi connectivity index (χ4v) is 5.88. The number of benzene rings is 1. The highest BCUT2D eigenvalue weighted by molar-refractivity contribution is 7.21. The molecule has 0 radical (unpaired) electrons. The molecule has 1 aromatic carbocycles. The van der Waals surface area contributed by atoms with Crippen molar-refractivity contribution in [2.75, 3.05) is 25.0 Å². The van der Waals surface area contributed by atoms with Crippen molar-refractivity contribution < 1.29 is 4.79 Å². The van der Waals surface area contributed by atoms with Crippen LogP contribution in [0.1, 0.15) is 43.6 Å². The number of thiazole rings is 1. The average molecular weight is 438 g/mol. The van der Waals surface area contributed by atoms with E-state index in [-0.39, 0.29) is 23.4 Å². The molecule has 0 bridgehead atoms. The molecular weight excluding hydrogens is 410 g/mol. The smallest absolute Gasteiger partial charge is 0.281 e. The number of fused-ring (bicyclic) bond motifs is 2. The number of ketones is 1. The third-order valence-corrected chi connectivity index (χ3v) is 7.32. The van der Waals surface area contributed by atoms with E-state index >= 15 is 0 Å². The van der Waals surface area contributed by atoms with E-state index in [1.54, 1.807) is 4.57 Å². The highest BCUT2D eigenvalue weighted by atomic mass is 32.1. The van der Waals surface area contributed by atoms with Crippen molar-refractivity contribution in [1.29, 1.82) is 0 Å². The summed E-state index contributed by atoms with van der Waals surface area (Å²) >= 11 is 1.44. The van der Waals surface area contributed by atoms with Crippen molar-refractivity contribution in [3.8, 4) is 0 Å². The Morgan fingerprint density at radius 2 is 2.03 bits per heavy atom. The molecule has 1 fully saturated rings. The standard InChI is InChI=1S/C23H27N5O2S/c1-15-13-26(2)14-19-24-21-20(22(30)28(15)19)25-23(31-21)27-12-6-9-17(27)18(29)11-10-16-7-4-3-5-8-16/h3-5,7-8,15,17H,6,9-14H2,1-2H3/t15-,17+/m0/s1. The number of aryl methyl sites for hydroxylation is 1. The highest BCUT2D eigenvalue weighted by Gasteiger charge is 2.33. The summed E-state index contributed by atoms with van der Waals surface area (Å²) < 4.78 is 1.79. The van der Waals surface area contributed by atoms with Crippen LogP contribution in [0, 0.1) is 0 Å². The van der Waals surface area contributed by atoms with Crippen LogP contribution in [-0.4, -0.2) is 51.4 Å². The zero-order valence-corrected chi connectivity index (χ0v) is 18.8. The van der Waals surface area contributed by atoms with Crippen LogP contribution < -0.4 is 10.5 Å². The molecule has 4 heterocycles. The molecule has 2 atom stereocenters. The van der Waals surface area contributed by atoms with Gasteiger partial charge in [0.1, 0.15) is 5.82 Å². The molecule has 7 nitrogen and oxygen atoms in total. The maximum absolute atomic E-state index is 13.2. The topological polar surface area (TPSA) is 71.3 Å². The first kappa shape index (κ1) is 20.3. The molecule has 0 saturated carbocycles. The SMILES string of the molecule is C[C@H]1CN(C)Cc2nc3sc(N4CCC[C@@H]4C(=O)CCc4ccccc4)nc3c(=O)n21. The lowest BCUT2D eigenvalue weighted by Gasteiger charge is -2.30. The van der Waals surface area contributed by atoms with Gasteiger partial charge in [-0.1, -0.05) is 41.7 Å². The molecule has 2 aromatic heterocycles. The number of carbonyl (C=O) groups excluding carboxylic acids is 1. The van der Waals surface area contributed by atoms with E-state index in [9.17, 15) is 9.59 Å². The van der Waals surface area contributed by atoms with Crippen LogP contribution in [0.15, 0.2) is 35.1 Å². The summed E-state index contributed by atoms with van der Waals surface area (Å²) in [5.74, 6) is 1.05. The van der Waals surface area contributed by atoms with E-state index in [1.807, 2.05) is 32.2 Å². The lowest BCUT2D eigenvalue weighted by molar-refractivity contribution is -0.120. The second kappa shape index (κ2) is 8.16. The third kappa shape index (κ3) is 3.78. The molecule has 2 aliphatic rings. The number of aromatic nitrogens is 3. The average Bonchev–Trinajstić information content (AvgIpc) is 3.39. The lowest BCUT2D eigenvalue weighted by atomic mass is 10.0. The lowest BCUT2D eigenvalue weighted by Crippen LogP contribution is -2.40. The number of likely N-dealkylation sites (N-methyl/N-ethyl adjacent to an activating group) is 1. The maximum atomic E-state index is 13.2. The van der Waals surface area contributed by atoms with Crippen LogP contribution in [0.25, 0.3) is 10.3 Å².